The predicted octanol–water partition coefficient (Wildman–Crippen LogP) is 1.80. The average Bonchev–Trinajstić information content (AvgIpc) is 2.23. The van der Waals surface area contributed by atoms with Crippen LogP contribution in [0.4, 0.5) is 0 Å². The third-order valence-corrected chi connectivity index (χ3v) is 2.82. The molecule has 0 aromatic carbocycles. The minimum atomic E-state index is -0.584. The molecule has 0 heterocycles. The molecule has 1 aliphatic rings. The van der Waals surface area contributed by atoms with Crippen molar-refractivity contribution in [1.29, 1.82) is 0 Å². The predicted molar refractivity (Wildman–Crippen MR) is 61.6 cm³/mol. The summed E-state index contributed by atoms with van der Waals surface area (Å²) in [7, 11) is 0. The largest absolute Gasteiger partial charge is 0.462 e. The summed E-state index contributed by atoms with van der Waals surface area (Å²) in [4.78, 5) is 11.3. The second-order valence-electron chi connectivity index (χ2n) is 4.12. The monoisotopic (exact) mass is 222 g/mol. The van der Waals surface area contributed by atoms with Crippen molar-refractivity contribution in [3.05, 3.63) is 11.1 Å². The van der Waals surface area contributed by atoms with Crippen molar-refractivity contribution in [1.82, 2.24) is 0 Å². The molecule has 0 fully saturated rings. The molecule has 0 saturated heterocycles. The minimum Gasteiger partial charge on any atom is -0.462 e. The van der Waals surface area contributed by atoms with Crippen LogP contribution in [0.5, 0.6) is 0 Å². The number of aliphatic hydroxyl groups excluding tert-OH is 1. The maximum Gasteiger partial charge on any atom is 0.306 e. The van der Waals surface area contributed by atoms with Crippen LogP contribution in [0.2, 0.25) is 0 Å². The van der Waals surface area contributed by atoms with Crippen LogP contribution in [0.15, 0.2) is 11.1 Å². The lowest BCUT2D eigenvalue weighted by atomic mass is 9.89. The third-order valence-electron chi connectivity index (χ3n) is 2.82. The van der Waals surface area contributed by atoms with Crippen LogP contribution < -0.4 is 0 Å². The Balaban J connectivity index is 2.62. The fraction of sp³-hybridized carbons (Fsp3) is 0.615. The molecular weight excluding hydrogens is 204 g/mol. The number of hydrogen-bond acceptors (Lipinski definition) is 3. The van der Waals surface area contributed by atoms with Crippen LogP contribution >= 0.6 is 0 Å². The van der Waals surface area contributed by atoms with Crippen molar-refractivity contribution in [2.45, 2.75) is 51.7 Å². The Morgan fingerprint density at radius 1 is 1.69 bits per heavy atom. The molecule has 0 unspecified atom stereocenters. The molecular formula is C13H18O3. The third kappa shape index (κ3) is 3.11. The standard InChI is InChI=1S/C13H18O3/c1-4-6-13(15)16-11-7-10(5-2)9(3)12(14)8-11/h2,11-12,14H,4,6-8H2,1,3H3/t11-,12-/m0/s1. The SMILES string of the molecule is C#CC1=C(C)[C@@H](O)C[C@@H](OC(=O)CCC)C1. The lowest BCUT2D eigenvalue weighted by Gasteiger charge is -2.27. The van der Waals surface area contributed by atoms with E-state index in [0.29, 0.717) is 19.3 Å². The van der Waals surface area contributed by atoms with Crippen molar-refractivity contribution in [2.24, 2.45) is 0 Å². The van der Waals surface area contributed by atoms with Crippen LogP contribution in [0, 0.1) is 12.3 Å². The average molecular weight is 222 g/mol. The van der Waals surface area contributed by atoms with Gasteiger partial charge in [-0.1, -0.05) is 12.8 Å². The molecule has 0 saturated carbocycles. The molecule has 0 spiro atoms. The summed E-state index contributed by atoms with van der Waals surface area (Å²) in [6.07, 6.45) is 6.68. The van der Waals surface area contributed by atoms with Crippen LogP contribution in [0.25, 0.3) is 0 Å². The van der Waals surface area contributed by atoms with Crippen molar-refractivity contribution < 1.29 is 14.6 Å². The molecule has 0 radical (unpaired) electrons. The second kappa shape index (κ2) is 5.72. The maximum absolute atomic E-state index is 11.3. The Kier molecular flexibility index (Phi) is 4.57. The van der Waals surface area contributed by atoms with Crippen molar-refractivity contribution >= 4 is 5.97 Å². The van der Waals surface area contributed by atoms with E-state index in [1.54, 1.807) is 0 Å². The van der Waals surface area contributed by atoms with Gasteiger partial charge in [0.25, 0.3) is 0 Å². The molecule has 1 rings (SSSR count). The van der Waals surface area contributed by atoms with E-state index in [1.165, 1.54) is 0 Å². The highest BCUT2D eigenvalue weighted by atomic mass is 16.5. The Bertz CT molecular complexity index is 336. The van der Waals surface area contributed by atoms with Gasteiger partial charge in [-0.05, 0) is 18.9 Å². The van der Waals surface area contributed by atoms with E-state index in [2.05, 4.69) is 5.92 Å². The highest BCUT2D eigenvalue weighted by molar-refractivity contribution is 5.69. The lowest BCUT2D eigenvalue weighted by molar-refractivity contribution is -0.150. The summed E-state index contributed by atoms with van der Waals surface area (Å²) in [5.74, 6) is 2.34. The number of terminal acetylenes is 1. The van der Waals surface area contributed by atoms with Gasteiger partial charge in [-0.3, -0.25) is 4.79 Å². The summed E-state index contributed by atoms with van der Waals surface area (Å²) in [5.41, 5.74) is 1.58. The first kappa shape index (κ1) is 12.8. The number of rotatable bonds is 3. The Morgan fingerprint density at radius 3 is 2.94 bits per heavy atom. The second-order valence-corrected chi connectivity index (χ2v) is 4.12. The zero-order chi connectivity index (χ0) is 12.1. The zero-order valence-electron chi connectivity index (χ0n) is 9.82. The fourth-order valence-corrected chi connectivity index (χ4v) is 1.81. The molecule has 2 atom stereocenters. The van der Waals surface area contributed by atoms with Gasteiger partial charge in [-0.15, -0.1) is 6.42 Å². The smallest absolute Gasteiger partial charge is 0.306 e. The molecule has 3 nitrogen and oxygen atoms in total. The van der Waals surface area contributed by atoms with E-state index in [1.807, 2.05) is 13.8 Å². The van der Waals surface area contributed by atoms with E-state index >= 15 is 0 Å². The van der Waals surface area contributed by atoms with Crippen LogP contribution in [0.1, 0.15) is 39.5 Å². The molecule has 0 aromatic rings. The topological polar surface area (TPSA) is 46.5 Å². The molecule has 1 aliphatic carbocycles. The van der Waals surface area contributed by atoms with Crippen molar-refractivity contribution in [3.8, 4) is 12.3 Å². The Morgan fingerprint density at radius 2 is 2.38 bits per heavy atom. The van der Waals surface area contributed by atoms with E-state index in [0.717, 1.165) is 17.6 Å². The van der Waals surface area contributed by atoms with Gasteiger partial charge >= 0.3 is 5.97 Å². The normalized spacial score (nSPS) is 25.1. The van der Waals surface area contributed by atoms with E-state index in [-0.39, 0.29) is 12.1 Å². The van der Waals surface area contributed by atoms with Gasteiger partial charge in [0, 0.05) is 24.8 Å². The zero-order valence-corrected chi connectivity index (χ0v) is 9.82. The number of hydrogen-bond donors (Lipinski definition) is 1. The van der Waals surface area contributed by atoms with Crippen molar-refractivity contribution in [3.63, 3.8) is 0 Å². The van der Waals surface area contributed by atoms with Gasteiger partial charge < -0.3 is 9.84 Å². The summed E-state index contributed by atoms with van der Waals surface area (Å²) < 4.78 is 5.25. The molecule has 0 aliphatic heterocycles. The summed E-state index contributed by atoms with van der Waals surface area (Å²) >= 11 is 0. The number of carbonyl (C=O) groups excluding carboxylic acids is 1. The quantitative estimate of drug-likeness (QED) is 0.585. The fourth-order valence-electron chi connectivity index (χ4n) is 1.81. The maximum atomic E-state index is 11.3. The molecule has 88 valence electrons. The summed E-state index contributed by atoms with van der Waals surface area (Å²) in [5, 5.41) is 9.75. The molecule has 0 bridgehead atoms. The van der Waals surface area contributed by atoms with E-state index < -0.39 is 6.10 Å². The van der Waals surface area contributed by atoms with Gasteiger partial charge in [-0.2, -0.15) is 0 Å². The van der Waals surface area contributed by atoms with Gasteiger partial charge in [0.2, 0.25) is 0 Å². The first-order chi connectivity index (χ1) is 7.58. The van der Waals surface area contributed by atoms with Crippen LogP contribution in [0.3, 0.4) is 0 Å². The lowest BCUT2D eigenvalue weighted by Crippen LogP contribution is -2.29. The van der Waals surface area contributed by atoms with Crippen LogP contribution in [-0.2, 0) is 9.53 Å². The van der Waals surface area contributed by atoms with Gasteiger partial charge in [-0.25, -0.2) is 0 Å². The number of ether oxygens (including phenoxy) is 1. The first-order valence-electron chi connectivity index (χ1n) is 5.62. The van der Waals surface area contributed by atoms with E-state index in [9.17, 15) is 9.90 Å². The minimum absolute atomic E-state index is 0.212. The van der Waals surface area contributed by atoms with Gasteiger partial charge in [0.15, 0.2) is 0 Å². The number of aliphatic hydroxyl groups is 1. The van der Waals surface area contributed by atoms with Crippen LogP contribution in [-0.4, -0.2) is 23.3 Å². The van der Waals surface area contributed by atoms with Gasteiger partial charge in [0.05, 0.1) is 6.10 Å². The molecule has 0 amide bonds. The Hall–Kier alpha value is -1.27. The molecule has 1 N–H and O–H groups in total. The van der Waals surface area contributed by atoms with Gasteiger partial charge in [0.1, 0.15) is 6.10 Å². The highest BCUT2D eigenvalue weighted by Crippen LogP contribution is 2.27. The number of esters is 1. The highest BCUT2D eigenvalue weighted by Gasteiger charge is 2.27. The molecule has 0 aromatic heterocycles. The number of carbonyl (C=O) groups is 1. The van der Waals surface area contributed by atoms with Crippen molar-refractivity contribution in [2.75, 3.05) is 0 Å². The Labute approximate surface area is 96.5 Å². The molecule has 3 heteroatoms. The first-order valence-corrected chi connectivity index (χ1v) is 5.62. The summed E-state index contributed by atoms with van der Waals surface area (Å²) in [6.45, 7) is 3.75. The van der Waals surface area contributed by atoms with E-state index in [4.69, 9.17) is 11.2 Å². The summed E-state index contributed by atoms with van der Waals surface area (Å²) in [6, 6.07) is 0. The molecule has 16 heavy (non-hydrogen) atoms.